The summed E-state index contributed by atoms with van der Waals surface area (Å²) in [4.78, 5) is 3.97. The van der Waals surface area contributed by atoms with Crippen LogP contribution in [0.1, 0.15) is 5.56 Å². The molecule has 0 fully saturated rings. The highest BCUT2D eigenvalue weighted by Gasteiger charge is 2.13. The number of aromatic nitrogens is 1. The first-order valence-corrected chi connectivity index (χ1v) is 6.04. The van der Waals surface area contributed by atoms with Crippen LogP contribution >= 0.6 is 23.2 Å². The van der Waals surface area contributed by atoms with Crippen LogP contribution in [0.4, 0.5) is 10.2 Å². The van der Waals surface area contributed by atoms with Crippen LogP contribution in [0.3, 0.4) is 0 Å². The standard InChI is InChI=1S/C12H10Cl2FN3O/c1-6-3-2-4-9(10(6)15)19-12-8(14)5-7(13)11(17-12)18-16/h2-5H,16H2,1H3,(H,17,18). The van der Waals surface area contributed by atoms with E-state index in [1.54, 1.807) is 19.1 Å². The molecule has 4 nitrogen and oxygen atoms in total. The fourth-order valence-electron chi connectivity index (χ4n) is 1.43. The van der Waals surface area contributed by atoms with Crippen LogP contribution in [0.2, 0.25) is 10.0 Å². The van der Waals surface area contributed by atoms with Crippen molar-refractivity contribution in [1.29, 1.82) is 0 Å². The predicted molar refractivity (Wildman–Crippen MR) is 73.3 cm³/mol. The zero-order chi connectivity index (χ0) is 14.0. The van der Waals surface area contributed by atoms with Gasteiger partial charge in [-0.1, -0.05) is 35.3 Å². The highest BCUT2D eigenvalue weighted by Crippen LogP contribution is 2.34. The third-order valence-corrected chi connectivity index (χ3v) is 2.96. The molecule has 19 heavy (non-hydrogen) atoms. The van der Waals surface area contributed by atoms with Crippen LogP contribution in [0, 0.1) is 12.7 Å². The molecule has 0 unspecified atom stereocenters. The Morgan fingerprint density at radius 2 is 2.05 bits per heavy atom. The predicted octanol–water partition coefficient (Wildman–Crippen LogP) is 3.91. The number of nitrogens with zero attached hydrogens (tertiary/aromatic N) is 1. The van der Waals surface area contributed by atoms with Crippen LogP contribution in [0.5, 0.6) is 11.6 Å². The van der Waals surface area contributed by atoms with Crippen molar-refractivity contribution in [2.24, 2.45) is 5.84 Å². The number of aryl methyl sites for hydroxylation is 1. The van der Waals surface area contributed by atoms with E-state index in [1.807, 2.05) is 0 Å². The Morgan fingerprint density at radius 1 is 1.32 bits per heavy atom. The summed E-state index contributed by atoms with van der Waals surface area (Å²) in [6.45, 7) is 1.63. The van der Waals surface area contributed by atoms with Gasteiger partial charge < -0.3 is 10.2 Å². The van der Waals surface area contributed by atoms with E-state index in [9.17, 15) is 4.39 Å². The normalized spacial score (nSPS) is 10.4. The molecule has 7 heteroatoms. The molecule has 0 saturated carbocycles. The lowest BCUT2D eigenvalue weighted by molar-refractivity contribution is 0.426. The maximum atomic E-state index is 13.8. The molecule has 0 aliphatic rings. The summed E-state index contributed by atoms with van der Waals surface area (Å²) in [7, 11) is 0. The van der Waals surface area contributed by atoms with Crippen LogP contribution < -0.4 is 16.0 Å². The zero-order valence-electron chi connectivity index (χ0n) is 9.88. The van der Waals surface area contributed by atoms with Crippen molar-refractivity contribution in [2.45, 2.75) is 6.92 Å². The molecule has 0 radical (unpaired) electrons. The molecule has 100 valence electrons. The molecule has 1 heterocycles. The van der Waals surface area contributed by atoms with Crippen molar-refractivity contribution in [3.8, 4) is 11.6 Å². The second kappa shape index (κ2) is 5.61. The van der Waals surface area contributed by atoms with E-state index < -0.39 is 5.82 Å². The maximum absolute atomic E-state index is 13.8. The highest BCUT2D eigenvalue weighted by atomic mass is 35.5. The largest absolute Gasteiger partial charge is 0.434 e. The number of anilines is 1. The molecule has 0 bridgehead atoms. The summed E-state index contributed by atoms with van der Waals surface area (Å²) in [5, 5.41) is 0.398. The molecule has 0 aliphatic carbocycles. The van der Waals surface area contributed by atoms with Gasteiger partial charge in [0.2, 0.25) is 5.88 Å². The van der Waals surface area contributed by atoms with Gasteiger partial charge in [0.25, 0.3) is 0 Å². The number of hydrazine groups is 1. The van der Waals surface area contributed by atoms with E-state index in [0.29, 0.717) is 5.56 Å². The Morgan fingerprint density at radius 3 is 2.74 bits per heavy atom. The van der Waals surface area contributed by atoms with Gasteiger partial charge in [-0.05, 0) is 24.6 Å². The molecule has 2 aromatic rings. The molecular weight excluding hydrogens is 292 g/mol. The number of halogens is 3. The molecule has 0 aliphatic heterocycles. The van der Waals surface area contributed by atoms with E-state index in [-0.39, 0.29) is 27.5 Å². The molecule has 0 atom stereocenters. The number of nitrogens with one attached hydrogen (secondary N) is 1. The van der Waals surface area contributed by atoms with Gasteiger partial charge in [-0.2, -0.15) is 4.98 Å². The number of rotatable bonds is 3. The minimum atomic E-state index is -0.474. The maximum Gasteiger partial charge on any atom is 0.240 e. The molecule has 0 saturated heterocycles. The molecule has 1 aromatic carbocycles. The lowest BCUT2D eigenvalue weighted by Crippen LogP contribution is -2.09. The summed E-state index contributed by atoms with van der Waals surface area (Å²) in [6, 6.07) is 6.18. The number of hydrogen-bond donors (Lipinski definition) is 2. The third-order valence-electron chi connectivity index (χ3n) is 2.40. The monoisotopic (exact) mass is 301 g/mol. The zero-order valence-corrected chi connectivity index (χ0v) is 11.4. The average Bonchev–Trinajstić information content (AvgIpc) is 2.38. The van der Waals surface area contributed by atoms with Crippen molar-refractivity contribution in [2.75, 3.05) is 5.43 Å². The van der Waals surface area contributed by atoms with E-state index in [0.717, 1.165) is 0 Å². The van der Waals surface area contributed by atoms with E-state index >= 15 is 0 Å². The quantitative estimate of drug-likeness (QED) is 0.666. The van der Waals surface area contributed by atoms with Crippen LogP contribution in [0.15, 0.2) is 24.3 Å². The fourth-order valence-corrected chi connectivity index (χ4v) is 1.88. The SMILES string of the molecule is Cc1cccc(Oc2nc(NN)c(Cl)cc2Cl)c1F. The van der Waals surface area contributed by atoms with E-state index in [2.05, 4.69) is 10.4 Å². The first kappa shape index (κ1) is 13.9. The van der Waals surface area contributed by atoms with Gasteiger partial charge in [-0.3, -0.25) is 0 Å². The molecular formula is C12H10Cl2FN3O. The number of nitrogen functional groups attached to an aromatic ring is 1. The summed E-state index contributed by atoms with van der Waals surface area (Å²) < 4.78 is 19.2. The smallest absolute Gasteiger partial charge is 0.240 e. The Kier molecular flexibility index (Phi) is 4.09. The lowest BCUT2D eigenvalue weighted by atomic mass is 10.2. The van der Waals surface area contributed by atoms with Crippen LogP contribution in [-0.4, -0.2) is 4.98 Å². The Hall–Kier alpha value is -1.56. The summed E-state index contributed by atoms with van der Waals surface area (Å²) in [5.41, 5.74) is 2.76. The number of nitrogens with two attached hydrogens (primary N) is 1. The van der Waals surface area contributed by atoms with E-state index in [1.165, 1.54) is 12.1 Å². The topological polar surface area (TPSA) is 60.2 Å². The minimum Gasteiger partial charge on any atom is -0.434 e. The van der Waals surface area contributed by atoms with Gasteiger partial charge in [0.15, 0.2) is 17.4 Å². The number of hydrogen-bond acceptors (Lipinski definition) is 4. The minimum absolute atomic E-state index is 0.0171. The van der Waals surface area contributed by atoms with Crippen molar-refractivity contribution in [3.05, 3.63) is 45.7 Å². The van der Waals surface area contributed by atoms with Gasteiger partial charge in [0, 0.05) is 0 Å². The van der Waals surface area contributed by atoms with Crippen molar-refractivity contribution >= 4 is 29.0 Å². The number of ether oxygens (including phenoxy) is 1. The van der Waals surface area contributed by atoms with Gasteiger partial charge in [-0.15, -0.1) is 0 Å². The number of benzene rings is 1. The molecule has 0 amide bonds. The van der Waals surface area contributed by atoms with Crippen LogP contribution in [-0.2, 0) is 0 Å². The third kappa shape index (κ3) is 2.89. The molecule has 3 N–H and O–H groups in total. The average molecular weight is 302 g/mol. The van der Waals surface area contributed by atoms with E-state index in [4.69, 9.17) is 33.8 Å². The Labute approximate surface area is 119 Å². The second-order valence-electron chi connectivity index (χ2n) is 3.74. The highest BCUT2D eigenvalue weighted by molar-refractivity contribution is 6.36. The summed E-state index contributed by atoms with van der Waals surface area (Å²) in [6.07, 6.45) is 0. The fraction of sp³-hybridized carbons (Fsp3) is 0.0833. The van der Waals surface area contributed by atoms with Crippen LogP contribution in [0.25, 0.3) is 0 Å². The summed E-state index contributed by atoms with van der Waals surface area (Å²) >= 11 is 11.8. The molecule has 0 spiro atoms. The van der Waals surface area contributed by atoms with Gasteiger partial charge in [-0.25, -0.2) is 10.2 Å². The van der Waals surface area contributed by atoms with Gasteiger partial charge in [0.1, 0.15) is 5.02 Å². The Bertz CT molecular complexity index is 622. The van der Waals surface area contributed by atoms with Gasteiger partial charge >= 0.3 is 0 Å². The van der Waals surface area contributed by atoms with Crippen molar-refractivity contribution < 1.29 is 9.13 Å². The van der Waals surface area contributed by atoms with Gasteiger partial charge in [0.05, 0.1) is 5.02 Å². The summed E-state index contributed by atoms with van der Waals surface area (Å²) in [5.74, 6) is 5.01. The second-order valence-corrected chi connectivity index (χ2v) is 4.55. The Balaban J connectivity index is 2.41. The molecule has 1 aromatic heterocycles. The number of pyridine rings is 1. The lowest BCUT2D eigenvalue weighted by Gasteiger charge is -2.11. The molecule has 2 rings (SSSR count). The first-order chi connectivity index (χ1) is 9.02. The van der Waals surface area contributed by atoms with Crippen molar-refractivity contribution in [1.82, 2.24) is 4.98 Å². The van der Waals surface area contributed by atoms with Crippen molar-refractivity contribution in [3.63, 3.8) is 0 Å². The first-order valence-electron chi connectivity index (χ1n) is 5.28.